The molecule has 0 amide bonds. The molecule has 2 unspecified atom stereocenters. The second-order valence-electron chi connectivity index (χ2n) is 14.7. The van der Waals surface area contributed by atoms with Crippen LogP contribution in [0.1, 0.15) is 17.0 Å². The van der Waals surface area contributed by atoms with Gasteiger partial charge in [-0.15, -0.1) is 0 Å². The van der Waals surface area contributed by atoms with Gasteiger partial charge in [0.05, 0.1) is 0 Å². The topological polar surface area (TPSA) is 22.4 Å². The molecule has 1 aromatic heterocycles. The van der Waals surface area contributed by atoms with Crippen molar-refractivity contribution in [3.8, 4) is 28.0 Å². The van der Waals surface area contributed by atoms with Crippen LogP contribution in [0.15, 0.2) is 186 Å². The van der Waals surface area contributed by atoms with Gasteiger partial charge >= 0.3 is 0 Å². The molecule has 0 bridgehead atoms. The Hall–Kier alpha value is -6.90. The number of rotatable bonds is 3. The fraction of sp³-hybridized carbons (Fsp3) is 0.0385. The van der Waals surface area contributed by atoms with Gasteiger partial charge in [-0.05, 0) is 113 Å². The zero-order valence-electron chi connectivity index (χ0n) is 29.3. The SMILES string of the molecule is C1=CC2Oc3c(ccc4c3oc3ccc(-c5ccc(-c6cc7ccccc7c7ccccc67)c6ccccc56)cc34)C2C=C1c1ccc2ccccc2c1. The molecule has 0 radical (unpaired) electrons. The van der Waals surface area contributed by atoms with Crippen LogP contribution >= 0.6 is 0 Å². The molecule has 0 saturated heterocycles. The third-order valence-electron chi connectivity index (χ3n) is 11.8. The van der Waals surface area contributed by atoms with E-state index in [9.17, 15) is 0 Å². The average molecular weight is 689 g/mol. The maximum absolute atomic E-state index is 6.67. The van der Waals surface area contributed by atoms with E-state index in [-0.39, 0.29) is 12.0 Å². The van der Waals surface area contributed by atoms with Gasteiger partial charge in [-0.25, -0.2) is 0 Å². The van der Waals surface area contributed by atoms with Crippen molar-refractivity contribution in [3.63, 3.8) is 0 Å². The molecule has 2 heteroatoms. The summed E-state index contributed by atoms with van der Waals surface area (Å²) in [6.45, 7) is 0. The van der Waals surface area contributed by atoms with E-state index in [1.807, 2.05) is 0 Å². The highest BCUT2D eigenvalue weighted by Crippen LogP contribution is 2.49. The Bertz CT molecular complexity index is 3270. The predicted octanol–water partition coefficient (Wildman–Crippen LogP) is 14.0. The summed E-state index contributed by atoms with van der Waals surface area (Å²) in [5, 5.41) is 12.2. The second kappa shape index (κ2) is 11.3. The van der Waals surface area contributed by atoms with Gasteiger partial charge in [0.25, 0.3) is 0 Å². The molecule has 12 rings (SSSR count). The highest BCUT2D eigenvalue weighted by molar-refractivity contribution is 6.17. The molecule has 10 aromatic rings. The van der Waals surface area contributed by atoms with E-state index in [4.69, 9.17) is 9.15 Å². The van der Waals surface area contributed by atoms with Crippen LogP contribution in [-0.2, 0) is 0 Å². The van der Waals surface area contributed by atoms with Gasteiger partial charge in [-0.1, -0.05) is 146 Å². The summed E-state index contributed by atoms with van der Waals surface area (Å²) >= 11 is 0. The van der Waals surface area contributed by atoms with E-state index in [1.165, 1.54) is 76.5 Å². The predicted molar refractivity (Wildman–Crippen MR) is 225 cm³/mol. The van der Waals surface area contributed by atoms with Crippen molar-refractivity contribution in [1.82, 2.24) is 0 Å². The van der Waals surface area contributed by atoms with E-state index in [1.54, 1.807) is 0 Å². The molecule has 0 fully saturated rings. The molecule has 2 aliphatic rings. The molecule has 2 nitrogen and oxygen atoms in total. The molecule has 9 aromatic carbocycles. The molecule has 1 aliphatic carbocycles. The maximum atomic E-state index is 6.67. The van der Waals surface area contributed by atoms with E-state index in [2.05, 4.69) is 182 Å². The Morgan fingerprint density at radius 1 is 0.426 bits per heavy atom. The van der Waals surface area contributed by atoms with Gasteiger partial charge in [-0.2, -0.15) is 0 Å². The van der Waals surface area contributed by atoms with E-state index >= 15 is 0 Å². The summed E-state index contributed by atoms with van der Waals surface area (Å²) in [6.07, 6.45) is 6.72. The Balaban J connectivity index is 0.960. The monoisotopic (exact) mass is 688 g/mol. The van der Waals surface area contributed by atoms with Crippen LogP contribution in [0.5, 0.6) is 5.75 Å². The smallest absolute Gasteiger partial charge is 0.177 e. The number of ether oxygens (including phenoxy) is 1. The Labute approximate surface area is 311 Å². The molecule has 2 atom stereocenters. The van der Waals surface area contributed by atoms with Crippen molar-refractivity contribution in [2.24, 2.45) is 0 Å². The molecular formula is C52H32O2. The average Bonchev–Trinajstić information content (AvgIpc) is 3.81. The first-order chi connectivity index (χ1) is 26.7. The van der Waals surface area contributed by atoms with E-state index in [0.717, 1.165) is 33.3 Å². The molecule has 0 saturated carbocycles. The van der Waals surface area contributed by atoms with Gasteiger partial charge in [0.2, 0.25) is 0 Å². The summed E-state index contributed by atoms with van der Waals surface area (Å²) in [5.74, 6) is 0.988. The van der Waals surface area contributed by atoms with Crippen LogP contribution in [0.3, 0.4) is 0 Å². The van der Waals surface area contributed by atoms with Crippen molar-refractivity contribution in [3.05, 3.63) is 193 Å². The molecule has 0 N–H and O–H groups in total. The van der Waals surface area contributed by atoms with Crippen LogP contribution in [0.25, 0.3) is 92.9 Å². The van der Waals surface area contributed by atoms with E-state index < -0.39 is 0 Å². The summed E-state index contributed by atoms with van der Waals surface area (Å²) in [6, 6.07) is 59.6. The highest BCUT2D eigenvalue weighted by Gasteiger charge is 2.36. The molecule has 1 aliphatic heterocycles. The number of allylic oxidation sites excluding steroid dienone is 2. The summed E-state index contributed by atoms with van der Waals surface area (Å²) < 4.78 is 13.3. The maximum Gasteiger partial charge on any atom is 0.177 e. The zero-order chi connectivity index (χ0) is 35.3. The molecule has 54 heavy (non-hydrogen) atoms. The number of furan rings is 1. The van der Waals surface area contributed by atoms with Crippen LogP contribution < -0.4 is 4.74 Å². The highest BCUT2D eigenvalue weighted by atomic mass is 16.5. The minimum Gasteiger partial charge on any atom is -0.481 e. The van der Waals surface area contributed by atoms with Gasteiger partial charge < -0.3 is 9.15 Å². The fourth-order valence-corrected chi connectivity index (χ4v) is 9.18. The first kappa shape index (κ1) is 29.7. The fourth-order valence-electron chi connectivity index (χ4n) is 9.18. The Morgan fingerprint density at radius 2 is 1.11 bits per heavy atom. The number of hydrogen-bond acceptors (Lipinski definition) is 2. The number of hydrogen-bond donors (Lipinski definition) is 0. The largest absolute Gasteiger partial charge is 0.481 e. The lowest BCUT2D eigenvalue weighted by atomic mass is 9.86. The van der Waals surface area contributed by atoms with Crippen LogP contribution in [0.4, 0.5) is 0 Å². The number of benzene rings is 9. The normalized spacial score (nSPS) is 16.3. The standard InChI is InChI=1S/C52H32O2/c1-2-10-32-27-33(18-17-31(32)9-1)34-19-25-49-47(28-34)44-23-24-45-48-30-36(20-26-50(48)54-52(45)51(44)53-49)38-21-22-43(41-15-7-5-14-40(38)41)46-29-35-11-3-4-12-37(35)39-13-6-8-16-42(39)46/h1-30,47,49H. The van der Waals surface area contributed by atoms with Crippen LogP contribution in [0.2, 0.25) is 0 Å². The van der Waals surface area contributed by atoms with Gasteiger partial charge in [0, 0.05) is 22.3 Å². The van der Waals surface area contributed by atoms with Gasteiger partial charge in [-0.3, -0.25) is 0 Å². The van der Waals surface area contributed by atoms with Gasteiger partial charge in [0.1, 0.15) is 11.7 Å². The van der Waals surface area contributed by atoms with Crippen molar-refractivity contribution in [2.45, 2.75) is 12.0 Å². The second-order valence-corrected chi connectivity index (χ2v) is 14.7. The van der Waals surface area contributed by atoms with Gasteiger partial charge in [0.15, 0.2) is 11.3 Å². The lowest BCUT2D eigenvalue weighted by molar-refractivity contribution is 0.269. The van der Waals surface area contributed by atoms with Crippen LogP contribution in [-0.4, -0.2) is 6.10 Å². The zero-order valence-corrected chi connectivity index (χ0v) is 29.3. The Kier molecular flexibility index (Phi) is 6.20. The minimum atomic E-state index is -0.0526. The summed E-state index contributed by atoms with van der Waals surface area (Å²) in [5.41, 5.74) is 10.2. The number of fused-ring (bicyclic) bond motifs is 12. The third-order valence-corrected chi connectivity index (χ3v) is 11.8. The molecule has 2 heterocycles. The van der Waals surface area contributed by atoms with E-state index in [0.29, 0.717) is 0 Å². The lowest BCUT2D eigenvalue weighted by Gasteiger charge is -2.19. The first-order valence-electron chi connectivity index (χ1n) is 18.7. The minimum absolute atomic E-state index is 0.0526. The summed E-state index contributed by atoms with van der Waals surface area (Å²) in [7, 11) is 0. The quantitative estimate of drug-likeness (QED) is 0.172. The van der Waals surface area contributed by atoms with Crippen molar-refractivity contribution < 1.29 is 9.15 Å². The molecule has 252 valence electrons. The first-order valence-corrected chi connectivity index (χ1v) is 18.7. The summed E-state index contributed by atoms with van der Waals surface area (Å²) in [4.78, 5) is 0. The van der Waals surface area contributed by atoms with Crippen molar-refractivity contribution in [1.29, 1.82) is 0 Å². The van der Waals surface area contributed by atoms with Crippen LogP contribution in [0, 0.1) is 0 Å². The lowest BCUT2D eigenvalue weighted by Crippen LogP contribution is -2.16. The third kappa shape index (κ3) is 4.34. The molecule has 0 spiro atoms. The molecular weight excluding hydrogens is 657 g/mol. The Morgan fingerprint density at radius 3 is 1.96 bits per heavy atom. The van der Waals surface area contributed by atoms with Crippen molar-refractivity contribution >= 4 is 70.6 Å². The van der Waals surface area contributed by atoms with Crippen molar-refractivity contribution in [2.75, 3.05) is 0 Å².